The monoisotopic (exact) mass is 454 g/mol. The molecule has 168 valence electrons. The van der Waals surface area contributed by atoms with Gasteiger partial charge >= 0.3 is 0 Å². The van der Waals surface area contributed by atoms with E-state index in [1.165, 1.54) is 23.4 Å². The van der Waals surface area contributed by atoms with E-state index in [2.05, 4.69) is 10.6 Å². The second kappa shape index (κ2) is 8.76. The third-order valence-electron chi connectivity index (χ3n) is 5.74. The Bertz CT molecular complexity index is 1260. The highest BCUT2D eigenvalue weighted by atomic mass is 32.2. The van der Waals surface area contributed by atoms with E-state index >= 15 is 0 Å². The summed E-state index contributed by atoms with van der Waals surface area (Å²) in [5.41, 5.74) is 2.16. The number of aryl methyl sites for hydroxylation is 1. The number of nitrogens with zero attached hydrogens (tertiary/aromatic N) is 2. The number of para-hydroxylation sites is 1. The number of carbonyl (C=O) groups is 2. The molecule has 2 heterocycles. The molecule has 4 rings (SSSR count). The number of aromatic nitrogens is 1. The molecule has 0 atom stereocenters. The van der Waals surface area contributed by atoms with Crippen molar-refractivity contribution in [2.45, 2.75) is 30.7 Å². The molecule has 8 nitrogen and oxygen atoms in total. The van der Waals surface area contributed by atoms with Crippen molar-refractivity contribution in [3.05, 3.63) is 60.3 Å². The number of nitrogens with one attached hydrogen (secondary N) is 2. The lowest BCUT2D eigenvalue weighted by atomic mass is 10.1. The van der Waals surface area contributed by atoms with Gasteiger partial charge in [-0.15, -0.1) is 0 Å². The van der Waals surface area contributed by atoms with Crippen molar-refractivity contribution in [1.82, 2.24) is 14.2 Å². The number of fused-ring (bicyclic) bond motifs is 1. The van der Waals surface area contributed by atoms with Crippen LogP contribution in [0.4, 0.5) is 5.69 Å². The van der Waals surface area contributed by atoms with Gasteiger partial charge in [-0.1, -0.05) is 18.2 Å². The number of sulfonamides is 1. The SMILES string of the molecule is CC(=O)Nc1ccc(S(=O)(=O)N2CCC(NC(=O)c3cn(C)c4ccccc34)CC2)cc1. The molecule has 1 aliphatic heterocycles. The second-order valence-electron chi connectivity index (χ2n) is 8.03. The molecule has 1 aliphatic rings. The van der Waals surface area contributed by atoms with Gasteiger partial charge in [0.15, 0.2) is 0 Å². The summed E-state index contributed by atoms with van der Waals surface area (Å²) in [5.74, 6) is -0.357. The predicted octanol–water partition coefficient (Wildman–Crippen LogP) is 2.72. The summed E-state index contributed by atoms with van der Waals surface area (Å²) in [6.07, 6.45) is 2.91. The Morgan fingerprint density at radius 3 is 2.31 bits per heavy atom. The summed E-state index contributed by atoms with van der Waals surface area (Å²) in [4.78, 5) is 24.2. The summed E-state index contributed by atoms with van der Waals surface area (Å²) >= 11 is 0. The van der Waals surface area contributed by atoms with E-state index in [0.29, 0.717) is 37.2 Å². The van der Waals surface area contributed by atoms with Crippen LogP contribution >= 0.6 is 0 Å². The quantitative estimate of drug-likeness (QED) is 0.619. The molecule has 1 fully saturated rings. The lowest BCUT2D eigenvalue weighted by Crippen LogP contribution is -2.46. The van der Waals surface area contributed by atoms with Gasteiger partial charge in [-0.3, -0.25) is 9.59 Å². The molecule has 0 unspecified atom stereocenters. The van der Waals surface area contributed by atoms with Crippen molar-refractivity contribution < 1.29 is 18.0 Å². The molecule has 2 amide bonds. The third-order valence-corrected chi connectivity index (χ3v) is 7.66. The number of hydrogen-bond acceptors (Lipinski definition) is 4. The van der Waals surface area contributed by atoms with E-state index in [1.54, 1.807) is 12.1 Å². The van der Waals surface area contributed by atoms with Crippen LogP contribution in [-0.2, 0) is 21.9 Å². The molecule has 0 bridgehead atoms. The summed E-state index contributed by atoms with van der Waals surface area (Å²) in [5, 5.41) is 6.59. The maximum atomic E-state index is 13.0. The van der Waals surface area contributed by atoms with E-state index in [9.17, 15) is 18.0 Å². The minimum Gasteiger partial charge on any atom is -0.350 e. The first-order chi connectivity index (χ1) is 15.3. The predicted molar refractivity (Wildman–Crippen MR) is 123 cm³/mol. The summed E-state index contributed by atoms with van der Waals surface area (Å²) in [7, 11) is -1.72. The average molecular weight is 455 g/mol. The van der Waals surface area contributed by atoms with E-state index in [4.69, 9.17) is 0 Å². The maximum Gasteiger partial charge on any atom is 0.253 e. The second-order valence-corrected chi connectivity index (χ2v) is 9.97. The van der Waals surface area contributed by atoms with Crippen LogP contribution in [-0.4, -0.2) is 48.2 Å². The molecule has 9 heteroatoms. The first-order valence-electron chi connectivity index (χ1n) is 10.5. The van der Waals surface area contributed by atoms with Gasteiger partial charge in [-0.25, -0.2) is 8.42 Å². The summed E-state index contributed by atoms with van der Waals surface area (Å²) in [6.45, 7) is 2.06. The first kappa shape index (κ1) is 22.0. The summed E-state index contributed by atoms with van der Waals surface area (Å²) in [6, 6.07) is 13.8. The van der Waals surface area contributed by atoms with Crippen molar-refractivity contribution in [3.8, 4) is 0 Å². The fraction of sp³-hybridized carbons (Fsp3) is 0.304. The van der Waals surface area contributed by atoms with Crippen LogP contribution in [0.5, 0.6) is 0 Å². The molecular formula is C23H26N4O4S. The molecular weight excluding hydrogens is 428 g/mol. The van der Waals surface area contributed by atoms with E-state index in [1.807, 2.05) is 42.1 Å². The largest absolute Gasteiger partial charge is 0.350 e. The van der Waals surface area contributed by atoms with Gasteiger partial charge in [0.2, 0.25) is 15.9 Å². The number of benzene rings is 2. The van der Waals surface area contributed by atoms with Crippen LogP contribution < -0.4 is 10.6 Å². The fourth-order valence-corrected chi connectivity index (χ4v) is 5.56. The summed E-state index contributed by atoms with van der Waals surface area (Å²) < 4.78 is 29.3. The molecule has 0 spiro atoms. The lowest BCUT2D eigenvalue weighted by Gasteiger charge is -2.31. The fourth-order valence-electron chi connectivity index (χ4n) is 4.09. The van der Waals surface area contributed by atoms with Crippen LogP contribution in [0.3, 0.4) is 0 Å². The standard InChI is InChI=1S/C23H26N4O4S/c1-16(28)24-17-7-9-19(10-8-17)32(30,31)27-13-11-18(12-14-27)25-23(29)21-15-26(2)22-6-4-3-5-20(21)22/h3-10,15,18H,11-14H2,1-2H3,(H,24,28)(H,25,29). The Hall–Kier alpha value is -3.17. The van der Waals surface area contributed by atoms with E-state index in [-0.39, 0.29) is 22.8 Å². The first-order valence-corrected chi connectivity index (χ1v) is 11.9. The number of hydrogen-bond donors (Lipinski definition) is 2. The molecule has 32 heavy (non-hydrogen) atoms. The van der Waals surface area contributed by atoms with E-state index < -0.39 is 10.0 Å². The molecule has 2 N–H and O–H groups in total. The van der Waals surface area contributed by atoms with Gasteiger partial charge < -0.3 is 15.2 Å². The molecule has 1 saturated heterocycles. The molecule has 0 aliphatic carbocycles. The van der Waals surface area contributed by atoms with Gasteiger partial charge in [0.1, 0.15) is 0 Å². The Morgan fingerprint density at radius 2 is 1.66 bits per heavy atom. The minimum absolute atomic E-state index is 0.0879. The van der Waals surface area contributed by atoms with Crippen molar-refractivity contribution in [3.63, 3.8) is 0 Å². The maximum absolute atomic E-state index is 13.0. The number of anilines is 1. The third kappa shape index (κ3) is 4.39. The van der Waals surface area contributed by atoms with Gasteiger partial charge in [0.25, 0.3) is 5.91 Å². The topological polar surface area (TPSA) is 101 Å². The van der Waals surface area contributed by atoms with Crippen LogP contribution in [0.2, 0.25) is 0 Å². The van der Waals surface area contributed by atoms with Crippen LogP contribution in [0.25, 0.3) is 10.9 Å². The van der Waals surface area contributed by atoms with Crippen molar-refractivity contribution in [1.29, 1.82) is 0 Å². The van der Waals surface area contributed by atoms with Gasteiger partial charge in [0, 0.05) is 55.9 Å². The van der Waals surface area contributed by atoms with Crippen LogP contribution in [0.15, 0.2) is 59.6 Å². The Balaban J connectivity index is 1.39. The molecule has 1 aromatic heterocycles. The van der Waals surface area contributed by atoms with Crippen molar-refractivity contribution in [2.24, 2.45) is 7.05 Å². The average Bonchev–Trinajstić information content (AvgIpc) is 3.11. The van der Waals surface area contributed by atoms with E-state index in [0.717, 1.165) is 10.9 Å². The van der Waals surface area contributed by atoms with Crippen LogP contribution in [0.1, 0.15) is 30.1 Å². The number of carbonyl (C=O) groups excluding carboxylic acids is 2. The Labute approximate surface area is 187 Å². The van der Waals surface area contributed by atoms with Crippen LogP contribution in [0, 0.1) is 0 Å². The zero-order valence-electron chi connectivity index (χ0n) is 18.0. The zero-order chi connectivity index (χ0) is 22.9. The normalized spacial score (nSPS) is 15.6. The van der Waals surface area contributed by atoms with Crippen molar-refractivity contribution in [2.75, 3.05) is 18.4 Å². The smallest absolute Gasteiger partial charge is 0.253 e. The Morgan fingerprint density at radius 1 is 1.00 bits per heavy atom. The van der Waals surface area contributed by atoms with Crippen molar-refractivity contribution >= 4 is 38.4 Å². The number of piperidine rings is 1. The minimum atomic E-state index is -3.63. The van der Waals surface area contributed by atoms with Gasteiger partial charge in [-0.05, 0) is 43.2 Å². The van der Waals surface area contributed by atoms with Gasteiger partial charge in [0.05, 0.1) is 10.5 Å². The van der Waals surface area contributed by atoms with Gasteiger partial charge in [-0.2, -0.15) is 4.31 Å². The molecule has 0 saturated carbocycles. The highest BCUT2D eigenvalue weighted by molar-refractivity contribution is 7.89. The lowest BCUT2D eigenvalue weighted by molar-refractivity contribution is -0.114. The number of amides is 2. The highest BCUT2D eigenvalue weighted by Gasteiger charge is 2.30. The molecule has 3 aromatic rings. The molecule has 2 aromatic carbocycles. The Kier molecular flexibility index (Phi) is 6.03. The number of rotatable bonds is 5. The highest BCUT2D eigenvalue weighted by Crippen LogP contribution is 2.24. The molecule has 0 radical (unpaired) electrons. The zero-order valence-corrected chi connectivity index (χ0v) is 18.9.